The highest BCUT2D eigenvalue weighted by Gasteiger charge is 2.16. The van der Waals surface area contributed by atoms with Gasteiger partial charge in [-0.1, -0.05) is 6.07 Å². The Morgan fingerprint density at radius 1 is 1.00 bits per heavy atom. The van der Waals surface area contributed by atoms with Crippen molar-refractivity contribution in [1.29, 1.82) is 0 Å². The zero-order valence-electron chi connectivity index (χ0n) is 10.2. The number of nitrogen functional groups attached to an aromatic ring is 1. The average Bonchev–Trinajstić information content (AvgIpc) is 2.39. The second-order valence-corrected chi connectivity index (χ2v) is 5.33. The summed E-state index contributed by atoms with van der Waals surface area (Å²) in [6.45, 7) is 0. The summed E-state index contributed by atoms with van der Waals surface area (Å²) >= 11 is 0. The normalized spacial score (nSPS) is 11.0. The average molecular weight is 279 g/mol. The third kappa shape index (κ3) is 3.17. The lowest BCUT2D eigenvalue weighted by Crippen LogP contribution is -2.10. The van der Waals surface area contributed by atoms with E-state index in [1.165, 1.54) is 31.4 Å². The highest BCUT2D eigenvalue weighted by atomic mass is 32.2. The van der Waals surface area contributed by atoms with Crippen LogP contribution in [0.25, 0.3) is 0 Å². The van der Waals surface area contributed by atoms with Crippen molar-refractivity contribution in [3.8, 4) is 11.5 Å². The Bertz CT molecular complexity index is 665. The molecule has 100 valence electrons. The predicted octanol–water partition coefficient (Wildman–Crippen LogP) is 2.05. The molecule has 2 N–H and O–H groups in total. The van der Waals surface area contributed by atoms with Crippen molar-refractivity contribution >= 4 is 15.8 Å². The predicted molar refractivity (Wildman–Crippen MR) is 71.7 cm³/mol. The number of hydrogen-bond acceptors (Lipinski definition) is 5. The maximum absolute atomic E-state index is 12.0. The fraction of sp³-hybridized carbons (Fsp3) is 0.0769. The minimum Gasteiger partial charge on any atom is -0.497 e. The van der Waals surface area contributed by atoms with E-state index in [2.05, 4.69) is 0 Å². The first-order valence-corrected chi connectivity index (χ1v) is 6.86. The summed E-state index contributed by atoms with van der Waals surface area (Å²) in [4.78, 5) is 0.0170. The number of nitrogens with two attached hydrogens (primary N) is 1. The number of ether oxygens (including phenoxy) is 1. The molecule has 0 aliphatic rings. The van der Waals surface area contributed by atoms with Gasteiger partial charge in [0.25, 0.3) is 0 Å². The van der Waals surface area contributed by atoms with E-state index in [0.717, 1.165) is 0 Å². The van der Waals surface area contributed by atoms with E-state index in [1.807, 2.05) is 0 Å². The lowest BCUT2D eigenvalue weighted by Gasteiger charge is -2.08. The van der Waals surface area contributed by atoms with Gasteiger partial charge >= 0.3 is 10.1 Å². The van der Waals surface area contributed by atoms with Gasteiger partial charge in [0.05, 0.1) is 7.11 Å². The van der Waals surface area contributed by atoms with Crippen molar-refractivity contribution < 1.29 is 17.3 Å². The van der Waals surface area contributed by atoms with Gasteiger partial charge in [-0.3, -0.25) is 0 Å². The molecule has 0 aliphatic carbocycles. The van der Waals surface area contributed by atoms with Gasteiger partial charge in [-0.05, 0) is 42.5 Å². The van der Waals surface area contributed by atoms with E-state index >= 15 is 0 Å². The van der Waals surface area contributed by atoms with Crippen molar-refractivity contribution in [2.75, 3.05) is 12.8 Å². The van der Waals surface area contributed by atoms with E-state index in [9.17, 15) is 8.42 Å². The Labute approximate surface area is 111 Å². The Morgan fingerprint density at radius 3 is 2.21 bits per heavy atom. The van der Waals surface area contributed by atoms with Crippen LogP contribution in [0.1, 0.15) is 0 Å². The SMILES string of the molecule is COc1ccc(OS(=O)(=O)c2cccc(N)c2)cc1. The molecule has 0 spiro atoms. The number of methoxy groups -OCH3 is 1. The molecule has 0 fully saturated rings. The first-order chi connectivity index (χ1) is 9.01. The lowest BCUT2D eigenvalue weighted by molar-refractivity contribution is 0.413. The molecule has 19 heavy (non-hydrogen) atoms. The number of hydrogen-bond donors (Lipinski definition) is 1. The van der Waals surface area contributed by atoms with Gasteiger partial charge in [0.2, 0.25) is 0 Å². The summed E-state index contributed by atoms with van der Waals surface area (Å²) < 4.78 is 34.0. The molecule has 0 bridgehead atoms. The molecule has 0 unspecified atom stereocenters. The van der Waals surface area contributed by atoms with Gasteiger partial charge < -0.3 is 14.7 Å². The smallest absolute Gasteiger partial charge is 0.339 e. The van der Waals surface area contributed by atoms with E-state index in [-0.39, 0.29) is 10.6 Å². The molecule has 0 heterocycles. The fourth-order valence-corrected chi connectivity index (χ4v) is 2.46. The third-order valence-corrected chi connectivity index (χ3v) is 3.66. The maximum Gasteiger partial charge on any atom is 0.339 e. The van der Waals surface area contributed by atoms with Gasteiger partial charge in [-0.2, -0.15) is 8.42 Å². The van der Waals surface area contributed by atoms with Crippen molar-refractivity contribution in [2.24, 2.45) is 0 Å². The van der Waals surface area contributed by atoms with Crippen molar-refractivity contribution in [3.05, 3.63) is 48.5 Å². The standard InChI is InChI=1S/C13H13NO4S/c1-17-11-5-7-12(8-6-11)18-19(15,16)13-4-2-3-10(14)9-13/h2-9H,14H2,1H3. The minimum atomic E-state index is -3.88. The summed E-state index contributed by atoms with van der Waals surface area (Å²) in [5.41, 5.74) is 5.91. The fourth-order valence-electron chi connectivity index (χ4n) is 1.48. The van der Waals surface area contributed by atoms with Crippen LogP contribution in [-0.4, -0.2) is 15.5 Å². The summed E-state index contributed by atoms with van der Waals surface area (Å²) in [5.74, 6) is 0.830. The lowest BCUT2D eigenvalue weighted by atomic mass is 10.3. The second-order valence-electron chi connectivity index (χ2n) is 3.79. The van der Waals surface area contributed by atoms with E-state index in [4.69, 9.17) is 14.7 Å². The van der Waals surface area contributed by atoms with Crippen LogP contribution >= 0.6 is 0 Å². The quantitative estimate of drug-likeness (QED) is 0.684. The van der Waals surface area contributed by atoms with E-state index < -0.39 is 10.1 Å². The van der Waals surface area contributed by atoms with Crippen LogP contribution in [0.4, 0.5) is 5.69 Å². The largest absolute Gasteiger partial charge is 0.497 e. The molecule has 0 atom stereocenters. The molecule has 6 heteroatoms. The summed E-state index contributed by atoms with van der Waals surface area (Å²) in [6.07, 6.45) is 0. The molecule has 2 rings (SSSR count). The molecule has 5 nitrogen and oxygen atoms in total. The zero-order valence-corrected chi connectivity index (χ0v) is 11.1. The van der Waals surface area contributed by atoms with Gasteiger partial charge in [0.15, 0.2) is 0 Å². The third-order valence-electron chi connectivity index (χ3n) is 2.41. The Balaban J connectivity index is 2.25. The van der Waals surface area contributed by atoms with Crippen LogP contribution in [0.3, 0.4) is 0 Å². The summed E-state index contributed by atoms with van der Waals surface area (Å²) in [6, 6.07) is 12.2. The van der Waals surface area contributed by atoms with E-state index in [0.29, 0.717) is 11.4 Å². The molecular formula is C13H13NO4S. The van der Waals surface area contributed by atoms with Crippen LogP contribution in [0.2, 0.25) is 0 Å². The van der Waals surface area contributed by atoms with E-state index in [1.54, 1.807) is 24.3 Å². The molecule has 0 aliphatic heterocycles. The van der Waals surface area contributed by atoms with Crippen LogP contribution < -0.4 is 14.7 Å². The first-order valence-electron chi connectivity index (χ1n) is 5.45. The monoisotopic (exact) mass is 279 g/mol. The highest BCUT2D eigenvalue weighted by molar-refractivity contribution is 7.87. The molecule has 2 aromatic carbocycles. The molecule has 0 saturated heterocycles. The highest BCUT2D eigenvalue weighted by Crippen LogP contribution is 2.22. The molecule has 0 amide bonds. The Morgan fingerprint density at radius 2 is 1.63 bits per heavy atom. The molecule has 2 aromatic rings. The van der Waals surface area contributed by atoms with Gasteiger partial charge in [-0.25, -0.2) is 0 Å². The molecular weight excluding hydrogens is 266 g/mol. The number of rotatable bonds is 4. The topological polar surface area (TPSA) is 78.6 Å². The number of benzene rings is 2. The van der Waals surface area contributed by atoms with Crippen LogP contribution in [0, 0.1) is 0 Å². The number of anilines is 1. The zero-order chi connectivity index (χ0) is 13.9. The van der Waals surface area contributed by atoms with Crippen LogP contribution in [0.5, 0.6) is 11.5 Å². The second kappa shape index (κ2) is 5.19. The van der Waals surface area contributed by atoms with Gasteiger partial charge in [-0.15, -0.1) is 0 Å². The first kappa shape index (κ1) is 13.2. The van der Waals surface area contributed by atoms with Crippen molar-refractivity contribution in [1.82, 2.24) is 0 Å². The van der Waals surface area contributed by atoms with Crippen molar-refractivity contribution in [2.45, 2.75) is 4.90 Å². The Hall–Kier alpha value is -2.21. The molecule has 0 aromatic heterocycles. The molecule has 0 saturated carbocycles. The Kier molecular flexibility index (Phi) is 3.62. The summed E-state index contributed by atoms with van der Waals surface area (Å²) in [5, 5.41) is 0. The summed E-state index contributed by atoms with van der Waals surface area (Å²) in [7, 11) is -2.35. The van der Waals surface area contributed by atoms with Gasteiger partial charge in [0.1, 0.15) is 16.4 Å². The van der Waals surface area contributed by atoms with Crippen LogP contribution in [-0.2, 0) is 10.1 Å². The maximum atomic E-state index is 12.0. The van der Waals surface area contributed by atoms with Crippen molar-refractivity contribution in [3.63, 3.8) is 0 Å². The molecule has 0 radical (unpaired) electrons. The van der Waals surface area contributed by atoms with Gasteiger partial charge in [0, 0.05) is 5.69 Å². The van der Waals surface area contributed by atoms with Crippen LogP contribution in [0.15, 0.2) is 53.4 Å². The minimum absolute atomic E-state index is 0.0170.